The smallest absolute Gasteiger partial charge is 0.238 e. The van der Waals surface area contributed by atoms with Crippen LogP contribution < -0.4 is 21.5 Å². The number of pyridine rings is 1. The van der Waals surface area contributed by atoms with Gasteiger partial charge in [-0.15, -0.1) is 0 Å². The molecule has 7 nitrogen and oxygen atoms in total. The number of ketones is 1. The Balaban J connectivity index is 0.00000272. The highest BCUT2D eigenvalue weighted by molar-refractivity contribution is 6.04. The number of hydrogen-bond donors (Lipinski definition) is 4. The van der Waals surface area contributed by atoms with Crippen molar-refractivity contribution in [2.75, 3.05) is 18.4 Å². The van der Waals surface area contributed by atoms with E-state index in [4.69, 9.17) is 0 Å². The van der Waals surface area contributed by atoms with Gasteiger partial charge < -0.3 is 21.5 Å². The number of rotatable bonds is 9. The van der Waals surface area contributed by atoms with E-state index in [9.17, 15) is 9.59 Å². The Hall–Kier alpha value is -3.45. The number of anilines is 1. The quantitative estimate of drug-likeness (QED) is 0.458. The molecule has 0 atom stereocenters. The molecule has 0 saturated heterocycles. The van der Waals surface area contributed by atoms with E-state index in [-0.39, 0.29) is 26.8 Å². The van der Waals surface area contributed by atoms with E-state index in [1.165, 1.54) is 5.56 Å². The summed E-state index contributed by atoms with van der Waals surface area (Å²) >= 11 is 0. The molecule has 4 N–H and O–H groups in total. The van der Waals surface area contributed by atoms with Gasteiger partial charge >= 0.3 is 0 Å². The maximum absolute atomic E-state index is 12.6. The molecular formula is C24H33N5O2. The van der Waals surface area contributed by atoms with Gasteiger partial charge in [-0.05, 0) is 42.2 Å². The zero-order valence-electron chi connectivity index (χ0n) is 18.2. The zero-order valence-corrected chi connectivity index (χ0v) is 18.2. The summed E-state index contributed by atoms with van der Waals surface area (Å²) in [7, 11) is 0. The number of carbonyl (C=O) groups is 2. The Bertz CT molecular complexity index is 1040. The molecule has 0 bridgehead atoms. The zero-order chi connectivity index (χ0) is 22.2. The third kappa shape index (κ3) is 6.02. The van der Waals surface area contributed by atoms with Gasteiger partial charge in [-0.2, -0.15) is 0 Å². The molecule has 0 saturated carbocycles. The largest absolute Gasteiger partial charge is 0.323 e. The number of amides is 1. The average Bonchev–Trinajstić information content (AvgIpc) is 2.78. The normalized spacial score (nSPS) is 12.9. The fourth-order valence-electron chi connectivity index (χ4n) is 3.27. The minimum absolute atomic E-state index is 0. The van der Waals surface area contributed by atoms with Crippen LogP contribution in [0.25, 0.3) is 11.1 Å². The van der Waals surface area contributed by atoms with E-state index >= 15 is 0 Å². The Labute approximate surface area is 186 Å². The number of nitrogens with one attached hydrogen (secondary N) is 4. The number of Topliss-reactive ketones (excluding diaryl/α,β-unsaturated/α-hetero) is 1. The number of hydrazine groups is 1. The molecule has 2 aromatic rings. The van der Waals surface area contributed by atoms with E-state index in [0.29, 0.717) is 18.7 Å². The summed E-state index contributed by atoms with van der Waals surface area (Å²) in [6.07, 6.45) is 6.79. The molecule has 0 fully saturated rings. The second-order valence-electron chi connectivity index (χ2n) is 7.43. The van der Waals surface area contributed by atoms with Crippen molar-refractivity contribution in [3.8, 4) is 11.1 Å². The van der Waals surface area contributed by atoms with Gasteiger partial charge in [-0.25, -0.2) is 0 Å². The molecule has 7 heteroatoms. The first-order valence-corrected chi connectivity index (χ1v) is 10.5. The fourth-order valence-corrected chi connectivity index (χ4v) is 3.27. The second kappa shape index (κ2) is 10.5. The lowest BCUT2D eigenvalue weighted by Gasteiger charge is -2.16. The summed E-state index contributed by atoms with van der Waals surface area (Å²) in [5.41, 5.74) is 11.8. The second-order valence-corrected chi connectivity index (χ2v) is 7.43. The Morgan fingerprint density at radius 3 is 2.74 bits per heavy atom. The molecule has 31 heavy (non-hydrogen) atoms. The van der Waals surface area contributed by atoms with E-state index in [1.54, 1.807) is 13.1 Å². The van der Waals surface area contributed by atoms with E-state index in [0.717, 1.165) is 28.8 Å². The van der Waals surface area contributed by atoms with Crippen LogP contribution in [-0.2, 0) is 11.2 Å². The predicted molar refractivity (Wildman–Crippen MR) is 128 cm³/mol. The molecule has 0 radical (unpaired) electrons. The number of aryl methyl sites for hydroxylation is 1. The molecule has 1 amide bonds. The van der Waals surface area contributed by atoms with Gasteiger partial charge in [0.2, 0.25) is 5.91 Å². The van der Waals surface area contributed by atoms with Gasteiger partial charge in [0.05, 0.1) is 12.2 Å². The summed E-state index contributed by atoms with van der Waals surface area (Å²) in [4.78, 5) is 29.3. The molecule has 0 aliphatic carbocycles. The van der Waals surface area contributed by atoms with Crippen LogP contribution in [-0.4, -0.2) is 29.8 Å². The van der Waals surface area contributed by atoms with Gasteiger partial charge in [0.25, 0.3) is 0 Å². The number of benzene rings is 1. The first kappa shape index (κ1) is 22.2. The lowest BCUT2D eigenvalue weighted by Crippen LogP contribution is -2.37. The monoisotopic (exact) mass is 423 g/mol. The molecule has 166 valence electrons. The van der Waals surface area contributed by atoms with Crippen LogP contribution in [0.15, 0.2) is 60.1 Å². The average molecular weight is 424 g/mol. The van der Waals surface area contributed by atoms with E-state index in [2.05, 4.69) is 45.5 Å². The molecule has 1 aliphatic heterocycles. The van der Waals surface area contributed by atoms with Crippen LogP contribution in [0.2, 0.25) is 0 Å². The maximum atomic E-state index is 12.6. The van der Waals surface area contributed by atoms with Crippen molar-refractivity contribution in [1.82, 2.24) is 21.2 Å². The highest BCUT2D eigenvalue weighted by Gasteiger charge is 2.15. The van der Waals surface area contributed by atoms with Gasteiger partial charge in [-0.3, -0.25) is 14.6 Å². The number of allylic oxidation sites excluding steroid dienone is 2. The summed E-state index contributed by atoms with van der Waals surface area (Å²) in [6.45, 7) is 6.49. The van der Waals surface area contributed by atoms with Gasteiger partial charge in [0, 0.05) is 39.5 Å². The maximum Gasteiger partial charge on any atom is 0.238 e. The third-order valence-electron chi connectivity index (χ3n) is 4.95. The third-order valence-corrected chi connectivity index (χ3v) is 4.95. The molecule has 2 heterocycles. The van der Waals surface area contributed by atoms with Crippen molar-refractivity contribution in [1.29, 1.82) is 0 Å². The molecule has 1 aliphatic rings. The van der Waals surface area contributed by atoms with Crippen LogP contribution in [0.4, 0.5) is 5.69 Å². The SMILES string of the molecule is CCC(=O)c1ncc(-c2cccc(CC)c2)cc1NC(=O)CNCC1=CC(C)=CNN1.[HH].[HH]. The van der Waals surface area contributed by atoms with Crippen LogP contribution in [0.3, 0.4) is 0 Å². The minimum atomic E-state index is -0.233. The molecule has 1 aromatic carbocycles. The number of hydrogen-bond acceptors (Lipinski definition) is 6. The first-order valence-electron chi connectivity index (χ1n) is 10.5. The van der Waals surface area contributed by atoms with Crippen molar-refractivity contribution in [2.45, 2.75) is 33.6 Å². The Kier molecular flexibility index (Phi) is 7.56. The summed E-state index contributed by atoms with van der Waals surface area (Å²) in [6, 6.07) is 10.00. The topological polar surface area (TPSA) is 95.2 Å². The van der Waals surface area contributed by atoms with Crippen molar-refractivity contribution in [3.63, 3.8) is 0 Å². The van der Waals surface area contributed by atoms with Crippen molar-refractivity contribution in [2.24, 2.45) is 0 Å². The Morgan fingerprint density at radius 1 is 1.16 bits per heavy atom. The lowest BCUT2D eigenvalue weighted by atomic mass is 10.0. The molecule has 0 unspecified atom stereocenters. The minimum Gasteiger partial charge on any atom is -0.323 e. The molecule has 1 aromatic heterocycles. The number of aromatic nitrogens is 1. The molecule has 0 spiro atoms. The number of nitrogens with zero attached hydrogens (tertiary/aromatic N) is 1. The van der Waals surface area contributed by atoms with E-state index < -0.39 is 0 Å². The van der Waals surface area contributed by atoms with Gasteiger partial charge in [0.1, 0.15) is 5.69 Å². The van der Waals surface area contributed by atoms with Crippen LogP contribution in [0.5, 0.6) is 0 Å². The number of carbonyl (C=O) groups excluding carboxylic acids is 2. The standard InChI is InChI=1S/C24H29N5O2.2H2/c1-4-17-7-6-8-18(10-17)19-11-21(24(26-13-19)22(30)5-2)28-23(31)15-25-14-20-9-16(3)12-27-29-20;;/h6-13,25,27,29H,4-5,14-15H2,1-3H3,(H,28,31);2*1H. The van der Waals surface area contributed by atoms with Crippen molar-refractivity contribution in [3.05, 3.63) is 71.3 Å². The summed E-state index contributed by atoms with van der Waals surface area (Å²) in [5.74, 6) is -0.343. The predicted octanol–water partition coefficient (Wildman–Crippen LogP) is 3.82. The summed E-state index contributed by atoms with van der Waals surface area (Å²) < 4.78 is 0. The van der Waals surface area contributed by atoms with Crippen molar-refractivity contribution >= 4 is 17.4 Å². The van der Waals surface area contributed by atoms with Crippen molar-refractivity contribution < 1.29 is 12.4 Å². The summed E-state index contributed by atoms with van der Waals surface area (Å²) in [5, 5.41) is 5.96. The Morgan fingerprint density at radius 2 is 2.00 bits per heavy atom. The van der Waals surface area contributed by atoms with Gasteiger partial charge in [-0.1, -0.05) is 38.1 Å². The van der Waals surface area contributed by atoms with Crippen LogP contribution in [0.1, 0.15) is 46.1 Å². The molecule has 3 rings (SSSR count). The molecular weight excluding hydrogens is 390 g/mol. The highest BCUT2D eigenvalue weighted by atomic mass is 16.2. The van der Waals surface area contributed by atoms with Gasteiger partial charge in [0.15, 0.2) is 5.78 Å². The highest BCUT2D eigenvalue weighted by Crippen LogP contribution is 2.26. The first-order chi connectivity index (χ1) is 15.0. The van der Waals surface area contributed by atoms with Crippen LogP contribution >= 0.6 is 0 Å². The fraction of sp³-hybridized carbons (Fsp3) is 0.292. The van der Waals surface area contributed by atoms with Crippen LogP contribution in [0, 0.1) is 0 Å². The van der Waals surface area contributed by atoms with E-state index in [1.807, 2.05) is 37.4 Å². The lowest BCUT2D eigenvalue weighted by molar-refractivity contribution is -0.115.